The molecule has 2 aliphatic heterocycles. The van der Waals surface area contributed by atoms with E-state index in [4.69, 9.17) is 4.74 Å². The molecule has 0 spiro atoms. The smallest absolute Gasteiger partial charge is 0.310 e. The number of esters is 1. The van der Waals surface area contributed by atoms with Crippen LogP contribution in [0.5, 0.6) is 0 Å². The quantitative estimate of drug-likeness (QED) is 0.548. The van der Waals surface area contributed by atoms with Crippen molar-refractivity contribution in [3.05, 3.63) is 0 Å². The Labute approximate surface area is 66.1 Å². The van der Waals surface area contributed by atoms with E-state index in [1.165, 1.54) is 7.11 Å². The molecule has 62 valence electrons. The van der Waals surface area contributed by atoms with E-state index >= 15 is 0 Å². The average molecular weight is 155 g/mol. The van der Waals surface area contributed by atoms with Gasteiger partial charge in [0.05, 0.1) is 13.0 Å². The molecule has 0 aromatic heterocycles. The predicted molar refractivity (Wildman–Crippen MR) is 40.0 cm³/mol. The minimum absolute atomic E-state index is 0.0388. The summed E-state index contributed by atoms with van der Waals surface area (Å²) in [5, 5.41) is 3.36. The fraction of sp³-hybridized carbons (Fsp3) is 0.875. The molecule has 2 saturated heterocycles. The van der Waals surface area contributed by atoms with E-state index < -0.39 is 0 Å². The molecule has 0 aromatic rings. The highest BCUT2D eigenvalue weighted by Crippen LogP contribution is 2.44. The standard InChI is InChI=1S/C8H13NO2/c1-4-5-3-6(9-4)7(5)8(10)11-2/h4-7,9H,3H2,1-2H3/t4-,5-,6-,7+/m0/s1. The highest BCUT2D eigenvalue weighted by Gasteiger charge is 2.55. The first-order chi connectivity index (χ1) is 5.24. The number of methoxy groups -OCH3 is 1. The molecular weight excluding hydrogens is 142 g/mol. The van der Waals surface area contributed by atoms with Gasteiger partial charge in [-0.1, -0.05) is 0 Å². The van der Waals surface area contributed by atoms with Crippen LogP contribution < -0.4 is 5.32 Å². The first kappa shape index (κ1) is 7.10. The third kappa shape index (κ3) is 0.805. The third-order valence-corrected chi connectivity index (χ3v) is 3.01. The van der Waals surface area contributed by atoms with Crippen molar-refractivity contribution in [2.24, 2.45) is 11.8 Å². The van der Waals surface area contributed by atoms with E-state index in [1.807, 2.05) is 0 Å². The molecule has 4 atom stereocenters. The molecule has 3 aliphatic rings. The Bertz CT molecular complexity index is 193. The largest absolute Gasteiger partial charge is 0.469 e. The van der Waals surface area contributed by atoms with Crippen LogP contribution in [0.15, 0.2) is 0 Å². The zero-order valence-corrected chi connectivity index (χ0v) is 6.83. The molecule has 0 amide bonds. The lowest BCUT2D eigenvalue weighted by molar-refractivity contribution is -0.150. The van der Waals surface area contributed by atoms with Crippen molar-refractivity contribution in [1.82, 2.24) is 5.32 Å². The maximum absolute atomic E-state index is 11.1. The van der Waals surface area contributed by atoms with E-state index in [-0.39, 0.29) is 11.9 Å². The van der Waals surface area contributed by atoms with Gasteiger partial charge in [-0.25, -0.2) is 0 Å². The van der Waals surface area contributed by atoms with E-state index in [1.54, 1.807) is 0 Å². The first-order valence-corrected chi connectivity index (χ1v) is 4.08. The first-order valence-electron chi connectivity index (χ1n) is 4.08. The molecule has 3 fully saturated rings. The molecular formula is C8H13NO2. The van der Waals surface area contributed by atoms with Crippen molar-refractivity contribution in [1.29, 1.82) is 0 Å². The lowest BCUT2D eigenvalue weighted by atomic mass is 9.72. The van der Waals surface area contributed by atoms with E-state index in [0.29, 0.717) is 18.0 Å². The molecule has 0 radical (unpaired) electrons. The van der Waals surface area contributed by atoms with E-state index in [9.17, 15) is 4.79 Å². The molecule has 3 nitrogen and oxygen atoms in total. The molecule has 2 bridgehead atoms. The number of hydrogen-bond donors (Lipinski definition) is 1. The number of carbonyl (C=O) groups excluding carboxylic acids is 1. The van der Waals surface area contributed by atoms with Crippen LogP contribution in [0.3, 0.4) is 0 Å². The van der Waals surface area contributed by atoms with Gasteiger partial charge in [-0.05, 0) is 19.3 Å². The van der Waals surface area contributed by atoms with Gasteiger partial charge < -0.3 is 10.1 Å². The Hall–Kier alpha value is -0.570. The molecule has 1 N–H and O–H groups in total. The lowest BCUT2D eigenvalue weighted by Crippen LogP contribution is -2.42. The van der Waals surface area contributed by atoms with Crippen molar-refractivity contribution in [2.45, 2.75) is 25.4 Å². The summed E-state index contributed by atoms with van der Waals surface area (Å²) in [6.45, 7) is 2.13. The second kappa shape index (κ2) is 2.21. The third-order valence-electron chi connectivity index (χ3n) is 3.01. The zero-order chi connectivity index (χ0) is 8.01. The molecule has 0 aromatic carbocycles. The van der Waals surface area contributed by atoms with Crippen LogP contribution in [0.1, 0.15) is 13.3 Å². The number of carbonyl (C=O) groups is 1. The SMILES string of the molecule is COC(=O)[C@@H]1[C@H]2C[C@@H]1N[C@H]2C. The van der Waals surface area contributed by atoms with E-state index in [2.05, 4.69) is 12.2 Å². The molecule has 0 unspecified atom stereocenters. The van der Waals surface area contributed by atoms with Gasteiger partial charge in [-0.3, -0.25) is 4.79 Å². The minimum Gasteiger partial charge on any atom is -0.469 e. The summed E-state index contributed by atoms with van der Waals surface area (Å²) in [4.78, 5) is 11.1. The second-order valence-corrected chi connectivity index (χ2v) is 3.51. The number of nitrogens with one attached hydrogen (secondary N) is 1. The zero-order valence-electron chi connectivity index (χ0n) is 6.83. The predicted octanol–water partition coefficient (Wildman–Crippen LogP) is 0.156. The maximum Gasteiger partial charge on any atom is 0.310 e. The highest BCUT2D eigenvalue weighted by molar-refractivity contribution is 5.75. The van der Waals surface area contributed by atoms with Crippen LogP contribution >= 0.6 is 0 Å². The van der Waals surface area contributed by atoms with Gasteiger partial charge in [0, 0.05) is 12.1 Å². The average Bonchev–Trinajstić information content (AvgIpc) is 2.43. The van der Waals surface area contributed by atoms with Crippen molar-refractivity contribution < 1.29 is 9.53 Å². The van der Waals surface area contributed by atoms with Crippen molar-refractivity contribution in [2.75, 3.05) is 7.11 Å². The van der Waals surface area contributed by atoms with Crippen LogP contribution in [-0.2, 0) is 9.53 Å². The molecule has 11 heavy (non-hydrogen) atoms. The van der Waals surface area contributed by atoms with Crippen LogP contribution in [0.2, 0.25) is 0 Å². The van der Waals surface area contributed by atoms with Gasteiger partial charge in [0.1, 0.15) is 0 Å². The van der Waals surface area contributed by atoms with Gasteiger partial charge in [0.25, 0.3) is 0 Å². The molecule has 1 saturated carbocycles. The molecule has 1 aliphatic carbocycles. The number of rotatable bonds is 1. The van der Waals surface area contributed by atoms with Gasteiger partial charge in [-0.15, -0.1) is 0 Å². The van der Waals surface area contributed by atoms with Crippen LogP contribution in [0, 0.1) is 11.8 Å². The molecule has 3 heteroatoms. The summed E-state index contributed by atoms with van der Waals surface area (Å²) in [5.74, 6) is 0.644. The van der Waals surface area contributed by atoms with Gasteiger partial charge in [0.15, 0.2) is 0 Å². The number of ether oxygens (including phenoxy) is 1. The van der Waals surface area contributed by atoms with Gasteiger partial charge >= 0.3 is 5.97 Å². The van der Waals surface area contributed by atoms with Gasteiger partial charge in [-0.2, -0.15) is 0 Å². The summed E-state index contributed by atoms with van der Waals surface area (Å²) in [6, 6.07) is 0.909. The van der Waals surface area contributed by atoms with Crippen LogP contribution in [0.4, 0.5) is 0 Å². The fourth-order valence-corrected chi connectivity index (χ4v) is 2.31. The monoisotopic (exact) mass is 155 g/mol. The number of fused-ring (bicyclic) bond motifs is 1. The van der Waals surface area contributed by atoms with Crippen molar-refractivity contribution in [3.8, 4) is 0 Å². The van der Waals surface area contributed by atoms with Crippen molar-refractivity contribution in [3.63, 3.8) is 0 Å². The molecule has 2 heterocycles. The Balaban J connectivity index is 2.05. The van der Waals surface area contributed by atoms with Crippen molar-refractivity contribution >= 4 is 5.97 Å². The lowest BCUT2D eigenvalue weighted by Gasteiger charge is -2.32. The maximum atomic E-state index is 11.1. The Kier molecular flexibility index (Phi) is 1.42. The number of hydrogen-bond acceptors (Lipinski definition) is 3. The Morgan fingerprint density at radius 1 is 1.64 bits per heavy atom. The normalized spacial score (nSPS) is 46.7. The summed E-state index contributed by atoms with van der Waals surface area (Å²) >= 11 is 0. The van der Waals surface area contributed by atoms with Crippen LogP contribution in [0.25, 0.3) is 0 Å². The van der Waals surface area contributed by atoms with Gasteiger partial charge in [0.2, 0.25) is 0 Å². The molecule has 3 rings (SSSR count). The summed E-state index contributed by atoms with van der Waals surface area (Å²) < 4.78 is 4.70. The Morgan fingerprint density at radius 3 is 2.73 bits per heavy atom. The van der Waals surface area contributed by atoms with E-state index in [0.717, 1.165) is 6.42 Å². The second-order valence-electron chi connectivity index (χ2n) is 3.51. The topological polar surface area (TPSA) is 38.3 Å². The summed E-state index contributed by atoms with van der Waals surface area (Å²) in [7, 11) is 1.46. The Morgan fingerprint density at radius 2 is 2.36 bits per heavy atom. The minimum atomic E-state index is -0.0388. The fourth-order valence-electron chi connectivity index (χ4n) is 2.31. The highest BCUT2D eigenvalue weighted by atomic mass is 16.5. The summed E-state index contributed by atoms with van der Waals surface area (Å²) in [5.41, 5.74) is 0. The van der Waals surface area contributed by atoms with Crippen LogP contribution in [-0.4, -0.2) is 25.2 Å². The summed E-state index contributed by atoms with van der Waals surface area (Å²) in [6.07, 6.45) is 1.15.